The predicted molar refractivity (Wildman–Crippen MR) is 106 cm³/mol. The summed E-state index contributed by atoms with van der Waals surface area (Å²) in [7, 11) is 1.14. The zero-order valence-corrected chi connectivity index (χ0v) is 21.1. The van der Waals surface area contributed by atoms with Crippen molar-refractivity contribution in [3.63, 3.8) is 0 Å². The fourth-order valence-electron chi connectivity index (χ4n) is 2.75. The fraction of sp³-hybridized carbons (Fsp3) is 0.250. The second kappa shape index (κ2) is 11.1. The summed E-state index contributed by atoms with van der Waals surface area (Å²) in [5, 5.41) is 16.0. The van der Waals surface area contributed by atoms with Crippen molar-refractivity contribution in [2.75, 3.05) is 5.32 Å². The Kier molecular flexibility index (Phi) is 9.10. The number of nitrogens with zero attached hydrogens (tertiary/aromatic N) is 4. The van der Waals surface area contributed by atoms with E-state index in [1.807, 2.05) is 19.9 Å². The van der Waals surface area contributed by atoms with E-state index in [0.29, 0.717) is 21.9 Å². The molecule has 0 saturated carbocycles. The molecule has 2 aromatic heterocycles. The van der Waals surface area contributed by atoms with E-state index < -0.39 is 17.8 Å². The first-order valence-electron chi connectivity index (χ1n) is 9.21. The van der Waals surface area contributed by atoms with Gasteiger partial charge in [-0.15, -0.1) is 6.20 Å². The van der Waals surface area contributed by atoms with E-state index >= 15 is 0 Å². The van der Waals surface area contributed by atoms with Gasteiger partial charge in [0, 0.05) is 24.8 Å². The summed E-state index contributed by atoms with van der Waals surface area (Å²) < 4.78 is 39.3. The smallest absolute Gasteiger partial charge is 0.560 e. The van der Waals surface area contributed by atoms with Gasteiger partial charge < -0.3 is 21.8 Å². The van der Waals surface area contributed by atoms with Crippen molar-refractivity contribution < 1.29 is 69.4 Å². The second-order valence-corrected chi connectivity index (χ2v) is 6.78. The first-order valence-corrected chi connectivity index (χ1v) is 9.21. The molecule has 0 spiro atoms. The van der Waals surface area contributed by atoms with E-state index in [1.165, 1.54) is 6.20 Å². The number of hydrogen-bond donors (Lipinski definition) is 3. The van der Waals surface area contributed by atoms with Gasteiger partial charge in [-0.1, -0.05) is 24.8 Å². The van der Waals surface area contributed by atoms with E-state index in [4.69, 9.17) is 0 Å². The van der Waals surface area contributed by atoms with Gasteiger partial charge >= 0.3 is 57.6 Å². The van der Waals surface area contributed by atoms with Crippen LogP contribution in [0.1, 0.15) is 40.4 Å². The number of H-pyrrole nitrogens is 1. The van der Waals surface area contributed by atoms with E-state index in [0.717, 1.165) is 18.3 Å². The number of aromatic nitrogens is 4. The van der Waals surface area contributed by atoms with Gasteiger partial charge in [-0.2, -0.15) is 18.3 Å². The number of nitrogens with one attached hydrogen (secondary N) is 3. The summed E-state index contributed by atoms with van der Waals surface area (Å²) in [6.07, 6.45) is -0.268. The second-order valence-electron chi connectivity index (χ2n) is 6.78. The summed E-state index contributed by atoms with van der Waals surface area (Å²) in [5.41, 5.74) is 1.37. The van der Waals surface area contributed by atoms with E-state index in [1.54, 1.807) is 24.3 Å². The van der Waals surface area contributed by atoms with Crippen LogP contribution in [0.4, 0.5) is 18.9 Å². The maximum absolute atomic E-state index is 12.9. The molecule has 0 saturated heterocycles. The molecular weight excluding hydrogens is 450 g/mol. The number of alkyl halides is 3. The molecule has 8 nitrogen and oxygen atoms in total. The van der Waals surface area contributed by atoms with Gasteiger partial charge in [0.2, 0.25) is 0 Å². The Morgan fingerprint density at radius 1 is 1.38 bits per heavy atom. The summed E-state index contributed by atoms with van der Waals surface area (Å²) >= 11 is 0. The van der Waals surface area contributed by atoms with E-state index in [2.05, 4.69) is 37.1 Å². The maximum Gasteiger partial charge on any atom is 1.00 e. The van der Waals surface area contributed by atoms with Crippen LogP contribution in [0, 0.1) is 13.1 Å². The molecule has 0 bridgehead atoms. The third-order valence-corrected chi connectivity index (χ3v) is 4.31. The number of carbonyl (C=O) groups is 1. The molecule has 1 aromatic carbocycles. The number of rotatable bonds is 6. The van der Waals surface area contributed by atoms with Crippen LogP contribution in [0.3, 0.4) is 0 Å². The van der Waals surface area contributed by atoms with Gasteiger partial charge in [0.15, 0.2) is 5.69 Å². The molecule has 3 N–H and O–H groups in total. The van der Waals surface area contributed by atoms with E-state index in [9.17, 15) is 18.0 Å². The predicted octanol–water partition coefficient (Wildman–Crippen LogP) is -0.0285. The van der Waals surface area contributed by atoms with Crippen molar-refractivity contribution in [2.45, 2.75) is 26.1 Å². The van der Waals surface area contributed by atoms with Crippen LogP contribution in [0.2, 0.25) is 0 Å². The first kappa shape index (κ1) is 26.1. The standard InChI is InChI=1S/C20H20F3N7O.K/c1-12-9-18(28-27-12)25-8-7-24-13(2)14-5-4-6-15(10-14)26-19(31)16-11-17(20(21,22)23)30(3)29-16;/h4-6,8-11,13,24H,1-3H3,(H,25,28)(H,26,31);/q-2;+1. The summed E-state index contributed by atoms with van der Waals surface area (Å²) in [6, 6.07) is 9.24. The van der Waals surface area contributed by atoms with Gasteiger partial charge in [0.05, 0.1) is 0 Å². The molecule has 0 aliphatic rings. The molecule has 1 unspecified atom stereocenters. The Hall–Kier alpha value is -2.12. The van der Waals surface area contributed by atoms with Crippen LogP contribution < -0.4 is 67.5 Å². The van der Waals surface area contributed by atoms with Crippen molar-refractivity contribution in [3.8, 4) is 0 Å². The van der Waals surface area contributed by atoms with Gasteiger partial charge in [-0.3, -0.25) is 20.6 Å². The number of aromatic amines is 1. The summed E-state index contributed by atoms with van der Waals surface area (Å²) in [6.45, 7) is 3.73. The maximum atomic E-state index is 12.9. The van der Waals surface area contributed by atoms with Crippen molar-refractivity contribution in [3.05, 3.63) is 76.9 Å². The number of benzene rings is 1. The Morgan fingerprint density at radius 3 is 2.75 bits per heavy atom. The topological polar surface area (TPSA) is 100.0 Å². The number of halogens is 3. The molecule has 0 aliphatic heterocycles. The fourth-order valence-corrected chi connectivity index (χ4v) is 2.75. The SMILES string of the molecule is Cc1[cH-]c(=NC=[C-]NC(C)c2cccc(NC(=O)c3cc(C(F)(F)F)n(C)n3)c2)[nH]n1.[K+]. The molecule has 0 fully saturated rings. The van der Waals surface area contributed by atoms with E-state index in [-0.39, 0.29) is 63.1 Å². The zero-order valence-electron chi connectivity index (χ0n) is 17.9. The minimum absolute atomic E-state index is 0. The number of amides is 1. The average molecular weight is 471 g/mol. The van der Waals surface area contributed by atoms with Gasteiger partial charge in [0.25, 0.3) is 5.91 Å². The van der Waals surface area contributed by atoms with Gasteiger partial charge in [0.1, 0.15) is 5.69 Å². The molecule has 2 heterocycles. The van der Waals surface area contributed by atoms with Crippen molar-refractivity contribution in [1.29, 1.82) is 0 Å². The molecule has 0 radical (unpaired) electrons. The minimum atomic E-state index is -4.59. The van der Waals surface area contributed by atoms with Crippen LogP contribution in [-0.4, -0.2) is 25.9 Å². The molecule has 0 aliphatic carbocycles. The molecule has 3 rings (SSSR count). The number of carbonyl (C=O) groups excluding carboxylic acids is 1. The number of aryl methyl sites for hydroxylation is 2. The normalized spacial score (nSPS) is 13.1. The Balaban J connectivity index is 0.00000363. The monoisotopic (exact) mass is 470 g/mol. The molecule has 1 amide bonds. The minimum Gasteiger partial charge on any atom is -0.560 e. The van der Waals surface area contributed by atoms with Gasteiger partial charge in [-0.05, 0) is 30.1 Å². The van der Waals surface area contributed by atoms with Crippen molar-refractivity contribution in [2.24, 2.45) is 12.0 Å². The molecule has 3 aromatic rings. The largest absolute Gasteiger partial charge is 1.00 e. The Bertz CT molecular complexity index is 1160. The summed E-state index contributed by atoms with van der Waals surface area (Å²) in [5.74, 6) is -0.732. The van der Waals surface area contributed by atoms with Crippen LogP contribution in [-0.2, 0) is 13.2 Å². The Morgan fingerprint density at radius 2 is 2.12 bits per heavy atom. The third kappa shape index (κ3) is 6.94. The molecular formula is C20H20F3KN7O-. The van der Waals surface area contributed by atoms with Crippen molar-refractivity contribution >= 4 is 11.6 Å². The number of anilines is 1. The third-order valence-electron chi connectivity index (χ3n) is 4.31. The van der Waals surface area contributed by atoms with Crippen LogP contribution in [0.15, 0.2) is 47.6 Å². The molecule has 1 atom stereocenters. The van der Waals surface area contributed by atoms with Crippen LogP contribution >= 0.6 is 0 Å². The van der Waals surface area contributed by atoms with Gasteiger partial charge in [-0.25, -0.2) is 5.10 Å². The Labute approximate surface area is 224 Å². The first-order chi connectivity index (χ1) is 14.6. The average Bonchev–Trinajstić information content (AvgIpc) is 3.30. The van der Waals surface area contributed by atoms with Crippen LogP contribution in [0.5, 0.6) is 0 Å². The molecule has 32 heavy (non-hydrogen) atoms. The quantitative estimate of drug-likeness (QED) is 0.268. The van der Waals surface area contributed by atoms with Crippen molar-refractivity contribution in [1.82, 2.24) is 25.3 Å². The van der Waals surface area contributed by atoms with Crippen LogP contribution in [0.25, 0.3) is 0 Å². The molecule has 12 heteroatoms. The summed E-state index contributed by atoms with van der Waals surface area (Å²) in [4.78, 5) is 16.5. The zero-order chi connectivity index (χ0) is 22.6. The molecule has 164 valence electrons. The number of hydrogen-bond acceptors (Lipinski definition) is 5.